The molecule has 25 heavy (non-hydrogen) atoms. The summed E-state index contributed by atoms with van der Waals surface area (Å²) in [6.45, 7) is 5.19. The fourth-order valence-electron chi connectivity index (χ4n) is 2.37. The van der Waals surface area contributed by atoms with Crippen molar-refractivity contribution in [2.24, 2.45) is 0 Å². The Labute approximate surface area is 152 Å². The van der Waals surface area contributed by atoms with Crippen molar-refractivity contribution in [1.29, 1.82) is 0 Å². The molecular weight excluding hydrogens is 388 g/mol. The third-order valence-electron chi connectivity index (χ3n) is 3.58. The average molecular weight is 403 g/mol. The van der Waals surface area contributed by atoms with Gasteiger partial charge in [0.1, 0.15) is 0 Å². The number of aromatic nitrogens is 4. The first-order chi connectivity index (χ1) is 11.8. The van der Waals surface area contributed by atoms with Crippen LogP contribution in [0.15, 0.2) is 34.8 Å². The van der Waals surface area contributed by atoms with Crippen molar-refractivity contribution in [1.82, 2.24) is 19.6 Å². The third-order valence-corrected chi connectivity index (χ3v) is 4.11. The quantitative estimate of drug-likeness (QED) is 0.492. The lowest BCUT2D eigenvalue weighted by Gasteiger charge is -2.10. The van der Waals surface area contributed by atoms with Crippen LogP contribution in [0.1, 0.15) is 39.3 Å². The highest BCUT2D eigenvalue weighted by Crippen LogP contribution is 2.14. The van der Waals surface area contributed by atoms with E-state index in [2.05, 4.69) is 31.0 Å². The molecule has 2 aromatic heterocycles. The first-order valence-electron chi connectivity index (χ1n) is 7.57. The maximum atomic E-state index is 12.3. The highest BCUT2D eigenvalue weighted by molar-refractivity contribution is 9.10. The van der Waals surface area contributed by atoms with Crippen molar-refractivity contribution >= 4 is 33.5 Å². The summed E-state index contributed by atoms with van der Waals surface area (Å²) in [4.78, 5) is 32.9. The van der Waals surface area contributed by atoms with E-state index in [1.807, 2.05) is 19.9 Å². The van der Waals surface area contributed by atoms with E-state index >= 15 is 0 Å². The number of carbonyl (C=O) groups is 2. The molecule has 2 heterocycles. The molecule has 0 amide bonds. The van der Waals surface area contributed by atoms with Gasteiger partial charge in [-0.05, 0) is 39.0 Å². The van der Waals surface area contributed by atoms with Gasteiger partial charge in [-0.3, -0.25) is 4.79 Å². The van der Waals surface area contributed by atoms with Gasteiger partial charge in [0.15, 0.2) is 6.10 Å². The Bertz CT molecular complexity index is 966. The summed E-state index contributed by atoms with van der Waals surface area (Å²) >= 11 is 3.31. The molecule has 0 bridgehead atoms. The van der Waals surface area contributed by atoms with Gasteiger partial charge in [-0.1, -0.05) is 28.1 Å². The third kappa shape index (κ3) is 3.58. The predicted molar refractivity (Wildman–Crippen MR) is 93.6 cm³/mol. The van der Waals surface area contributed by atoms with E-state index in [9.17, 15) is 9.59 Å². The fraction of sp³-hybridized carbons (Fsp3) is 0.235. The molecule has 0 spiro atoms. The van der Waals surface area contributed by atoms with E-state index in [1.54, 1.807) is 24.3 Å². The lowest BCUT2D eigenvalue weighted by Crippen LogP contribution is -2.25. The van der Waals surface area contributed by atoms with Crippen LogP contribution in [0.2, 0.25) is 0 Å². The molecule has 0 saturated heterocycles. The molecule has 0 aliphatic rings. The van der Waals surface area contributed by atoms with Crippen LogP contribution in [-0.4, -0.2) is 37.4 Å². The van der Waals surface area contributed by atoms with Crippen LogP contribution in [0.5, 0.6) is 0 Å². The molecule has 1 aromatic carbocycles. The topological polar surface area (TPSA) is 86.5 Å². The number of fused-ring (bicyclic) bond motifs is 1. The molecule has 0 saturated carbocycles. The lowest BCUT2D eigenvalue weighted by atomic mass is 10.1. The van der Waals surface area contributed by atoms with Gasteiger partial charge in [-0.2, -0.15) is 4.98 Å². The van der Waals surface area contributed by atoms with E-state index in [-0.39, 0.29) is 11.6 Å². The molecule has 0 aliphatic carbocycles. The second kappa shape index (κ2) is 6.72. The van der Waals surface area contributed by atoms with Crippen LogP contribution >= 0.6 is 15.9 Å². The number of aryl methyl sites for hydroxylation is 2. The summed E-state index contributed by atoms with van der Waals surface area (Å²) < 4.78 is 7.54. The van der Waals surface area contributed by atoms with E-state index in [1.165, 1.54) is 11.4 Å². The van der Waals surface area contributed by atoms with Crippen molar-refractivity contribution in [2.45, 2.75) is 26.9 Å². The highest BCUT2D eigenvalue weighted by Gasteiger charge is 2.23. The molecule has 0 fully saturated rings. The molecule has 7 nitrogen and oxygen atoms in total. The van der Waals surface area contributed by atoms with E-state index in [0.717, 1.165) is 15.9 Å². The van der Waals surface area contributed by atoms with Crippen molar-refractivity contribution in [3.8, 4) is 0 Å². The number of ketones is 1. The molecule has 1 atom stereocenters. The zero-order valence-corrected chi connectivity index (χ0v) is 15.4. The van der Waals surface area contributed by atoms with Crippen molar-refractivity contribution in [3.63, 3.8) is 0 Å². The molecule has 0 N–H and O–H groups in total. The van der Waals surface area contributed by atoms with Gasteiger partial charge in [0, 0.05) is 21.4 Å². The molecule has 3 rings (SSSR count). The largest absolute Gasteiger partial charge is 0.448 e. The lowest BCUT2D eigenvalue weighted by molar-refractivity contribution is 0.0307. The Kier molecular flexibility index (Phi) is 4.63. The standard InChI is InChI=1S/C17H15BrN4O3/c1-9-8-10(2)22-17(19-9)20-15(21-22)16(24)25-11(3)14(23)12-4-6-13(18)7-5-12/h4-8,11H,1-3H3/t11-/m0/s1. The van der Waals surface area contributed by atoms with Gasteiger partial charge >= 0.3 is 5.97 Å². The zero-order chi connectivity index (χ0) is 18.1. The number of benzene rings is 1. The summed E-state index contributed by atoms with van der Waals surface area (Å²) in [5, 5.41) is 4.10. The number of nitrogens with zero attached hydrogens (tertiary/aromatic N) is 4. The van der Waals surface area contributed by atoms with E-state index in [4.69, 9.17) is 4.74 Å². The smallest absolute Gasteiger partial charge is 0.379 e. The Morgan fingerprint density at radius 2 is 1.84 bits per heavy atom. The number of ether oxygens (including phenoxy) is 1. The molecule has 0 unspecified atom stereocenters. The fourth-order valence-corrected chi connectivity index (χ4v) is 2.63. The second-order valence-electron chi connectivity index (χ2n) is 5.60. The first-order valence-corrected chi connectivity index (χ1v) is 8.36. The molecule has 3 aromatic rings. The number of carbonyl (C=O) groups excluding carboxylic acids is 2. The first kappa shape index (κ1) is 17.2. The normalized spacial score (nSPS) is 12.2. The summed E-state index contributed by atoms with van der Waals surface area (Å²) in [5.74, 6) is -0.872. The molecular formula is C17H15BrN4O3. The number of hydrogen-bond donors (Lipinski definition) is 0. The molecule has 0 radical (unpaired) electrons. The summed E-state index contributed by atoms with van der Waals surface area (Å²) in [7, 11) is 0. The SMILES string of the molecule is Cc1cc(C)n2nc(C(=O)O[C@@H](C)C(=O)c3ccc(Br)cc3)nc2n1. The number of hydrogen-bond acceptors (Lipinski definition) is 6. The minimum atomic E-state index is -0.948. The maximum Gasteiger partial charge on any atom is 0.379 e. The van der Waals surface area contributed by atoms with Gasteiger partial charge < -0.3 is 4.74 Å². The number of esters is 1. The van der Waals surface area contributed by atoms with Crippen LogP contribution in [-0.2, 0) is 4.74 Å². The van der Waals surface area contributed by atoms with Crippen molar-refractivity contribution in [2.75, 3.05) is 0 Å². The van der Waals surface area contributed by atoms with E-state index < -0.39 is 12.1 Å². The maximum absolute atomic E-state index is 12.3. The summed E-state index contributed by atoms with van der Waals surface area (Å²) in [5.41, 5.74) is 2.03. The minimum Gasteiger partial charge on any atom is -0.448 e. The van der Waals surface area contributed by atoms with E-state index in [0.29, 0.717) is 11.3 Å². The molecule has 128 valence electrons. The van der Waals surface area contributed by atoms with Gasteiger partial charge in [0.05, 0.1) is 0 Å². The minimum absolute atomic E-state index is 0.128. The summed E-state index contributed by atoms with van der Waals surface area (Å²) in [6, 6.07) is 8.66. The van der Waals surface area contributed by atoms with Crippen LogP contribution < -0.4 is 0 Å². The Balaban J connectivity index is 1.78. The van der Waals surface area contributed by atoms with Crippen LogP contribution in [0, 0.1) is 13.8 Å². The predicted octanol–water partition coefficient (Wildman–Crippen LogP) is 2.93. The van der Waals surface area contributed by atoms with Gasteiger partial charge in [-0.25, -0.2) is 14.3 Å². The second-order valence-corrected chi connectivity index (χ2v) is 6.52. The Morgan fingerprint density at radius 1 is 1.16 bits per heavy atom. The molecule has 0 aliphatic heterocycles. The van der Waals surface area contributed by atoms with Crippen LogP contribution in [0.3, 0.4) is 0 Å². The van der Waals surface area contributed by atoms with Crippen LogP contribution in [0.4, 0.5) is 0 Å². The molecule has 8 heteroatoms. The van der Waals surface area contributed by atoms with Gasteiger partial charge in [-0.15, -0.1) is 5.10 Å². The van der Waals surface area contributed by atoms with Gasteiger partial charge in [0.2, 0.25) is 5.78 Å². The average Bonchev–Trinajstić information content (AvgIpc) is 2.99. The number of rotatable bonds is 4. The number of halogens is 1. The van der Waals surface area contributed by atoms with Crippen molar-refractivity contribution in [3.05, 3.63) is 57.6 Å². The number of Topliss-reactive ketones (excluding diaryl/α,β-unsaturated/α-hetero) is 1. The zero-order valence-electron chi connectivity index (χ0n) is 13.9. The van der Waals surface area contributed by atoms with Crippen LogP contribution in [0.25, 0.3) is 5.78 Å². The highest BCUT2D eigenvalue weighted by atomic mass is 79.9. The van der Waals surface area contributed by atoms with Crippen molar-refractivity contribution < 1.29 is 14.3 Å². The summed E-state index contributed by atoms with van der Waals surface area (Å²) in [6.07, 6.45) is -0.948. The Hall–Kier alpha value is -2.61. The van der Waals surface area contributed by atoms with Gasteiger partial charge in [0.25, 0.3) is 11.6 Å². The Morgan fingerprint density at radius 3 is 2.52 bits per heavy atom. The monoisotopic (exact) mass is 402 g/mol.